The van der Waals surface area contributed by atoms with E-state index in [0.717, 1.165) is 30.6 Å². The van der Waals surface area contributed by atoms with Crippen LogP contribution in [0, 0.1) is 0 Å². The molecule has 4 rings (SSSR count). The number of nitrogens with one attached hydrogen (secondary N) is 1. The second-order valence-corrected chi connectivity index (χ2v) is 10.0. The summed E-state index contributed by atoms with van der Waals surface area (Å²) in [6.07, 6.45) is 3.65. The molecule has 1 fully saturated rings. The van der Waals surface area contributed by atoms with E-state index in [1.807, 2.05) is 24.4 Å². The summed E-state index contributed by atoms with van der Waals surface area (Å²) in [5, 5.41) is 8.47. The average Bonchev–Trinajstić information content (AvgIpc) is 3.46. The van der Waals surface area contributed by atoms with Crippen LogP contribution >= 0.6 is 11.3 Å². The summed E-state index contributed by atoms with van der Waals surface area (Å²) >= 11 is 1.50. The van der Waals surface area contributed by atoms with E-state index in [-0.39, 0.29) is 16.6 Å². The van der Waals surface area contributed by atoms with E-state index >= 15 is 0 Å². The molecule has 158 valence electrons. The van der Waals surface area contributed by atoms with Crippen molar-refractivity contribution in [3.05, 3.63) is 53.5 Å². The summed E-state index contributed by atoms with van der Waals surface area (Å²) in [5.74, 6) is 0.114. The van der Waals surface area contributed by atoms with Crippen molar-refractivity contribution in [2.24, 2.45) is 0 Å². The fourth-order valence-electron chi connectivity index (χ4n) is 3.66. The molecular formula is C21H23N3O4S2. The maximum atomic E-state index is 13.0. The van der Waals surface area contributed by atoms with Crippen molar-refractivity contribution in [2.75, 3.05) is 11.9 Å². The van der Waals surface area contributed by atoms with Gasteiger partial charge in [0.25, 0.3) is 5.91 Å². The monoisotopic (exact) mass is 445 g/mol. The number of carbonyl (C=O) groups is 1. The molecule has 1 aliphatic rings. The van der Waals surface area contributed by atoms with Gasteiger partial charge in [-0.15, -0.1) is 11.3 Å². The highest BCUT2D eigenvalue weighted by Crippen LogP contribution is 2.28. The molecule has 3 aromatic rings. The first-order chi connectivity index (χ1) is 14.5. The summed E-state index contributed by atoms with van der Waals surface area (Å²) in [6, 6.07) is 11.7. The van der Waals surface area contributed by atoms with E-state index in [2.05, 4.69) is 10.5 Å². The van der Waals surface area contributed by atoms with E-state index in [1.165, 1.54) is 23.5 Å². The molecular weight excluding hydrogens is 422 g/mol. The van der Waals surface area contributed by atoms with Crippen LogP contribution in [-0.4, -0.2) is 36.4 Å². The zero-order valence-corrected chi connectivity index (χ0v) is 18.2. The number of piperidine rings is 1. The predicted octanol–water partition coefficient (Wildman–Crippen LogP) is 4.61. The first-order valence-electron chi connectivity index (χ1n) is 9.93. The van der Waals surface area contributed by atoms with Gasteiger partial charge in [-0.1, -0.05) is 24.6 Å². The summed E-state index contributed by atoms with van der Waals surface area (Å²) in [5.41, 5.74) is 0.652. The molecule has 1 amide bonds. The summed E-state index contributed by atoms with van der Waals surface area (Å²) < 4.78 is 32.9. The molecule has 7 nitrogen and oxygen atoms in total. The molecule has 30 heavy (non-hydrogen) atoms. The topological polar surface area (TPSA) is 92.5 Å². The number of thiophene rings is 1. The van der Waals surface area contributed by atoms with Gasteiger partial charge in [0, 0.05) is 24.3 Å². The van der Waals surface area contributed by atoms with Gasteiger partial charge in [-0.2, -0.15) is 4.31 Å². The van der Waals surface area contributed by atoms with Gasteiger partial charge in [0.2, 0.25) is 10.0 Å². The van der Waals surface area contributed by atoms with Crippen LogP contribution in [0.5, 0.6) is 0 Å². The highest BCUT2D eigenvalue weighted by atomic mass is 32.2. The van der Waals surface area contributed by atoms with Crippen LogP contribution in [-0.2, 0) is 10.0 Å². The Kier molecular flexibility index (Phi) is 6.03. The van der Waals surface area contributed by atoms with E-state index in [4.69, 9.17) is 4.52 Å². The maximum absolute atomic E-state index is 13.0. The average molecular weight is 446 g/mol. The van der Waals surface area contributed by atoms with Crippen molar-refractivity contribution in [3.8, 4) is 10.6 Å². The molecule has 0 aliphatic carbocycles. The van der Waals surface area contributed by atoms with Gasteiger partial charge in [-0.05, 0) is 55.0 Å². The van der Waals surface area contributed by atoms with Gasteiger partial charge in [0.1, 0.15) is 0 Å². The fourth-order valence-corrected chi connectivity index (χ4v) is 6.10. The van der Waals surface area contributed by atoms with Gasteiger partial charge in [-0.3, -0.25) is 4.79 Å². The number of sulfonamides is 1. The molecule has 0 radical (unpaired) electrons. The van der Waals surface area contributed by atoms with Crippen molar-refractivity contribution in [1.82, 2.24) is 9.46 Å². The molecule has 0 spiro atoms. The number of amides is 1. The molecule has 0 unspecified atom stereocenters. The minimum atomic E-state index is -3.55. The van der Waals surface area contributed by atoms with Crippen LogP contribution < -0.4 is 5.32 Å². The summed E-state index contributed by atoms with van der Waals surface area (Å²) in [7, 11) is -3.55. The second-order valence-electron chi connectivity index (χ2n) is 7.21. The first kappa shape index (κ1) is 20.8. The minimum Gasteiger partial charge on any atom is -0.355 e. The first-order valence-corrected chi connectivity index (χ1v) is 12.2. The van der Waals surface area contributed by atoms with E-state index < -0.39 is 15.9 Å². The maximum Gasteiger partial charge on any atom is 0.277 e. The number of hydrogen-bond donors (Lipinski definition) is 1. The molecule has 9 heteroatoms. The van der Waals surface area contributed by atoms with E-state index in [0.29, 0.717) is 18.0 Å². The Hall–Kier alpha value is -2.49. The lowest BCUT2D eigenvalue weighted by Gasteiger charge is -2.34. The number of aromatic nitrogens is 1. The Morgan fingerprint density at radius 2 is 2.07 bits per heavy atom. The molecule has 3 heterocycles. The summed E-state index contributed by atoms with van der Waals surface area (Å²) in [6.45, 7) is 2.57. The highest BCUT2D eigenvalue weighted by molar-refractivity contribution is 7.89. The number of hydrogen-bond acceptors (Lipinski definition) is 6. The molecule has 1 saturated heterocycles. The Morgan fingerprint density at radius 3 is 2.77 bits per heavy atom. The smallest absolute Gasteiger partial charge is 0.277 e. The van der Waals surface area contributed by atoms with Gasteiger partial charge in [0.05, 0.1) is 9.77 Å². The lowest BCUT2D eigenvalue weighted by molar-refractivity contribution is 0.101. The van der Waals surface area contributed by atoms with Crippen LogP contribution in [0.25, 0.3) is 10.6 Å². The molecule has 2 aromatic heterocycles. The Balaban J connectivity index is 1.46. The van der Waals surface area contributed by atoms with Crippen LogP contribution in [0.2, 0.25) is 0 Å². The Labute approximate surface area is 179 Å². The van der Waals surface area contributed by atoms with Crippen LogP contribution in [0.4, 0.5) is 5.69 Å². The van der Waals surface area contributed by atoms with Crippen LogP contribution in [0.3, 0.4) is 0 Å². The Morgan fingerprint density at radius 1 is 1.27 bits per heavy atom. The number of nitrogens with zero attached hydrogens (tertiary/aromatic N) is 2. The second kappa shape index (κ2) is 8.71. The van der Waals surface area contributed by atoms with Gasteiger partial charge in [0.15, 0.2) is 11.5 Å². The fraction of sp³-hybridized carbons (Fsp3) is 0.333. The number of benzene rings is 1. The van der Waals surface area contributed by atoms with E-state index in [9.17, 15) is 13.2 Å². The third-order valence-electron chi connectivity index (χ3n) is 5.27. The Bertz CT molecular complexity index is 1110. The lowest BCUT2D eigenvalue weighted by Crippen LogP contribution is -2.43. The molecule has 1 N–H and O–H groups in total. The number of rotatable bonds is 6. The van der Waals surface area contributed by atoms with Crippen molar-refractivity contribution in [2.45, 2.75) is 43.5 Å². The van der Waals surface area contributed by atoms with Gasteiger partial charge in [-0.25, -0.2) is 8.42 Å². The third kappa shape index (κ3) is 4.19. The quantitative estimate of drug-likeness (QED) is 0.598. The van der Waals surface area contributed by atoms with Gasteiger partial charge < -0.3 is 9.84 Å². The number of anilines is 1. The van der Waals surface area contributed by atoms with Crippen molar-refractivity contribution in [3.63, 3.8) is 0 Å². The zero-order chi connectivity index (χ0) is 21.1. The largest absolute Gasteiger partial charge is 0.355 e. The number of carbonyl (C=O) groups excluding carboxylic acids is 1. The third-order valence-corrected chi connectivity index (χ3v) is 8.12. The van der Waals surface area contributed by atoms with Crippen molar-refractivity contribution >= 4 is 33.0 Å². The lowest BCUT2D eigenvalue weighted by atomic mass is 10.0. The minimum absolute atomic E-state index is 0.0489. The molecule has 1 aromatic carbocycles. The van der Waals surface area contributed by atoms with Gasteiger partial charge >= 0.3 is 0 Å². The van der Waals surface area contributed by atoms with E-state index in [1.54, 1.807) is 22.5 Å². The molecule has 1 atom stereocenters. The highest BCUT2D eigenvalue weighted by Gasteiger charge is 2.32. The van der Waals surface area contributed by atoms with Crippen molar-refractivity contribution < 1.29 is 17.7 Å². The normalized spacial score (nSPS) is 17.7. The molecule has 0 saturated carbocycles. The standard InChI is InChI=1S/C21H23N3O4S2/c1-2-16-6-3-4-12-24(16)30(26,27)17-10-8-15(9-11-17)22-21(25)18-14-19(28-23-18)20-7-5-13-29-20/h5,7-11,13-14,16H,2-4,6,12H2,1H3,(H,22,25)/t16-/m0/s1. The SMILES string of the molecule is CC[C@H]1CCCCN1S(=O)(=O)c1ccc(NC(=O)c2cc(-c3cccs3)on2)cc1. The van der Waals surface area contributed by atoms with Crippen LogP contribution in [0.1, 0.15) is 43.1 Å². The zero-order valence-electron chi connectivity index (χ0n) is 16.6. The van der Waals surface area contributed by atoms with Crippen LogP contribution in [0.15, 0.2) is 57.3 Å². The molecule has 1 aliphatic heterocycles. The molecule has 0 bridgehead atoms. The van der Waals surface area contributed by atoms with Crippen molar-refractivity contribution in [1.29, 1.82) is 0 Å². The summed E-state index contributed by atoms with van der Waals surface area (Å²) in [4.78, 5) is 13.6. The predicted molar refractivity (Wildman–Crippen MR) is 116 cm³/mol.